The Morgan fingerprint density at radius 3 is 1.58 bits per heavy atom. The summed E-state index contributed by atoms with van der Waals surface area (Å²) >= 11 is 0. The molecule has 0 amide bonds. The summed E-state index contributed by atoms with van der Waals surface area (Å²) in [5.41, 5.74) is 0. The molecular formula is C24H51NO5S. The normalized spacial score (nSPS) is 12.5. The Morgan fingerprint density at radius 2 is 1.10 bits per heavy atom. The fourth-order valence-electron chi connectivity index (χ4n) is 4.12. The molecule has 0 aliphatic carbocycles. The van der Waals surface area contributed by atoms with Gasteiger partial charge in [-0.15, -0.1) is 0 Å². The maximum Gasteiger partial charge on any atom is 0.102 e. The van der Waals surface area contributed by atoms with Crippen molar-refractivity contribution < 1.29 is 26.9 Å². The second kappa shape index (κ2) is 20.4. The number of hydrogen-bond donors (Lipinski definition) is 0. The van der Waals surface area contributed by atoms with Crippen LogP contribution in [-0.4, -0.2) is 75.8 Å². The zero-order valence-corrected chi connectivity index (χ0v) is 21.6. The minimum Gasteiger partial charge on any atom is -0.748 e. The van der Waals surface area contributed by atoms with Crippen LogP contribution in [0.25, 0.3) is 0 Å². The third-order valence-electron chi connectivity index (χ3n) is 6.03. The SMILES string of the molecule is CCCCCCC[N+](CCCCCCC)(CCCCS(=O)(=O)[O-])CCOCCOCC. The van der Waals surface area contributed by atoms with Crippen LogP contribution in [0.2, 0.25) is 0 Å². The van der Waals surface area contributed by atoms with Gasteiger partial charge in [0.2, 0.25) is 0 Å². The molecule has 0 rings (SSSR count). The first-order valence-electron chi connectivity index (χ1n) is 12.8. The second-order valence-electron chi connectivity index (χ2n) is 8.84. The van der Waals surface area contributed by atoms with Gasteiger partial charge in [0, 0.05) is 12.4 Å². The van der Waals surface area contributed by atoms with E-state index >= 15 is 0 Å². The molecule has 0 aromatic rings. The predicted octanol–water partition coefficient (Wildman–Crippen LogP) is 5.12. The van der Waals surface area contributed by atoms with Crippen molar-refractivity contribution in [2.45, 2.75) is 97.8 Å². The van der Waals surface area contributed by atoms with E-state index in [-0.39, 0.29) is 5.75 Å². The second-order valence-corrected chi connectivity index (χ2v) is 10.4. The summed E-state index contributed by atoms with van der Waals surface area (Å²) < 4.78 is 45.2. The predicted molar refractivity (Wildman–Crippen MR) is 128 cm³/mol. The largest absolute Gasteiger partial charge is 0.748 e. The van der Waals surface area contributed by atoms with Gasteiger partial charge in [0.25, 0.3) is 0 Å². The molecule has 0 bridgehead atoms. The Balaban J connectivity index is 4.85. The molecular weight excluding hydrogens is 414 g/mol. The van der Waals surface area contributed by atoms with Crippen molar-refractivity contribution in [3.05, 3.63) is 0 Å². The van der Waals surface area contributed by atoms with E-state index in [0.29, 0.717) is 32.8 Å². The van der Waals surface area contributed by atoms with E-state index < -0.39 is 10.1 Å². The van der Waals surface area contributed by atoms with Crippen LogP contribution >= 0.6 is 0 Å². The molecule has 0 atom stereocenters. The average Bonchev–Trinajstić information content (AvgIpc) is 2.72. The first kappa shape index (κ1) is 30.8. The van der Waals surface area contributed by atoms with Gasteiger partial charge >= 0.3 is 0 Å². The highest BCUT2D eigenvalue weighted by Crippen LogP contribution is 2.17. The van der Waals surface area contributed by atoms with Crippen molar-refractivity contribution in [2.24, 2.45) is 0 Å². The highest BCUT2D eigenvalue weighted by molar-refractivity contribution is 7.85. The van der Waals surface area contributed by atoms with E-state index in [1.165, 1.54) is 64.2 Å². The van der Waals surface area contributed by atoms with Crippen LogP contribution in [-0.2, 0) is 19.6 Å². The first-order chi connectivity index (χ1) is 14.9. The lowest BCUT2D eigenvalue weighted by Gasteiger charge is -2.39. The van der Waals surface area contributed by atoms with E-state index in [1.54, 1.807) is 0 Å². The van der Waals surface area contributed by atoms with E-state index in [4.69, 9.17) is 9.47 Å². The van der Waals surface area contributed by atoms with Crippen LogP contribution in [0.4, 0.5) is 0 Å². The summed E-state index contributed by atoms with van der Waals surface area (Å²) in [6.07, 6.45) is 13.8. The van der Waals surface area contributed by atoms with Crippen LogP contribution < -0.4 is 0 Å². The molecule has 0 saturated carbocycles. The highest BCUT2D eigenvalue weighted by Gasteiger charge is 2.26. The van der Waals surface area contributed by atoms with E-state index in [9.17, 15) is 13.0 Å². The lowest BCUT2D eigenvalue weighted by Crippen LogP contribution is -2.52. The van der Waals surface area contributed by atoms with Crippen LogP contribution in [0.15, 0.2) is 0 Å². The van der Waals surface area contributed by atoms with Crippen molar-refractivity contribution in [3.8, 4) is 0 Å². The third kappa shape index (κ3) is 20.1. The van der Waals surface area contributed by atoms with E-state index in [0.717, 1.165) is 37.1 Å². The van der Waals surface area contributed by atoms with Gasteiger partial charge in [0.1, 0.15) is 6.54 Å². The molecule has 0 aromatic carbocycles. The van der Waals surface area contributed by atoms with E-state index in [1.807, 2.05) is 6.92 Å². The molecule has 0 N–H and O–H groups in total. The number of unbranched alkanes of at least 4 members (excludes halogenated alkanes) is 9. The molecule has 0 aliphatic rings. The number of quaternary nitrogens is 1. The van der Waals surface area contributed by atoms with Gasteiger partial charge in [-0.25, -0.2) is 8.42 Å². The lowest BCUT2D eigenvalue weighted by atomic mass is 10.1. The summed E-state index contributed by atoms with van der Waals surface area (Å²) in [5, 5.41) is 0. The molecule has 0 radical (unpaired) electrons. The number of nitrogens with zero attached hydrogens (tertiary/aromatic N) is 1. The number of rotatable bonds is 24. The Morgan fingerprint density at radius 1 is 0.613 bits per heavy atom. The molecule has 0 spiro atoms. The molecule has 188 valence electrons. The minimum absolute atomic E-state index is 0.245. The van der Waals surface area contributed by atoms with Gasteiger partial charge in [0.05, 0.1) is 49.6 Å². The zero-order valence-electron chi connectivity index (χ0n) is 20.7. The van der Waals surface area contributed by atoms with Gasteiger partial charge < -0.3 is 18.5 Å². The van der Waals surface area contributed by atoms with Crippen molar-refractivity contribution in [2.75, 3.05) is 58.4 Å². The molecule has 7 heteroatoms. The maximum atomic E-state index is 11.0. The van der Waals surface area contributed by atoms with Gasteiger partial charge in [-0.2, -0.15) is 0 Å². The number of hydrogen-bond acceptors (Lipinski definition) is 5. The van der Waals surface area contributed by atoms with Crippen molar-refractivity contribution >= 4 is 10.1 Å². The van der Waals surface area contributed by atoms with Gasteiger partial charge in [0.15, 0.2) is 0 Å². The molecule has 0 aromatic heterocycles. The number of ether oxygens (including phenoxy) is 2. The summed E-state index contributed by atoms with van der Waals surface area (Å²) in [6, 6.07) is 0. The van der Waals surface area contributed by atoms with Gasteiger partial charge in [-0.05, 0) is 45.4 Å². The molecule has 31 heavy (non-hydrogen) atoms. The molecule has 0 fully saturated rings. The lowest BCUT2D eigenvalue weighted by molar-refractivity contribution is -0.929. The Bertz CT molecular complexity index is 470. The monoisotopic (exact) mass is 465 g/mol. The fourth-order valence-corrected chi connectivity index (χ4v) is 4.68. The standard InChI is InChI=1S/C24H51NO5S/c1-4-7-9-11-13-17-25(18-14-12-10-8-5-2,19-15-16-24-31(26,27)28)20-21-30-23-22-29-6-3/h4-24H2,1-3H3. The molecule has 0 saturated heterocycles. The minimum atomic E-state index is -4.12. The van der Waals surface area contributed by atoms with Gasteiger partial charge in [-0.3, -0.25) is 0 Å². The van der Waals surface area contributed by atoms with Crippen molar-refractivity contribution in [1.82, 2.24) is 0 Å². The quantitative estimate of drug-likeness (QED) is 0.112. The third-order valence-corrected chi connectivity index (χ3v) is 6.82. The smallest absolute Gasteiger partial charge is 0.102 e. The summed E-state index contributed by atoms with van der Waals surface area (Å²) in [6.45, 7) is 13.3. The molecule has 0 unspecified atom stereocenters. The Kier molecular flexibility index (Phi) is 20.3. The van der Waals surface area contributed by atoms with E-state index in [2.05, 4.69) is 13.8 Å². The molecule has 0 aliphatic heterocycles. The molecule has 0 heterocycles. The van der Waals surface area contributed by atoms with Crippen molar-refractivity contribution in [1.29, 1.82) is 0 Å². The Labute approximate surface area is 193 Å². The summed E-state index contributed by atoms with van der Waals surface area (Å²) in [7, 11) is -4.12. The van der Waals surface area contributed by atoms with Gasteiger partial charge in [-0.1, -0.05) is 52.4 Å². The fraction of sp³-hybridized carbons (Fsp3) is 1.00. The highest BCUT2D eigenvalue weighted by atomic mass is 32.2. The first-order valence-corrected chi connectivity index (χ1v) is 14.4. The summed E-state index contributed by atoms with van der Waals surface area (Å²) in [5.74, 6) is -0.245. The Hall–Kier alpha value is -0.210. The topological polar surface area (TPSA) is 75.7 Å². The van der Waals surface area contributed by atoms with Crippen LogP contribution in [0.5, 0.6) is 0 Å². The zero-order chi connectivity index (χ0) is 23.3. The summed E-state index contributed by atoms with van der Waals surface area (Å²) in [4.78, 5) is 0. The van der Waals surface area contributed by atoms with Crippen molar-refractivity contribution in [3.63, 3.8) is 0 Å². The average molecular weight is 466 g/mol. The van der Waals surface area contributed by atoms with Crippen LogP contribution in [0.3, 0.4) is 0 Å². The maximum absolute atomic E-state index is 11.0. The van der Waals surface area contributed by atoms with Crippen LogP contribution in [0.1, 0.15) is 97.8 Å². The van der Waals surface area contributed by atoms with Crippen LogP contribution in [0, 0.1) is 0 Å². The molecule has 6 nitrogen and oxygen atoms in total.